The normalized spacial score (nSPS) is 13.9. The minimum atomic E-state index is -0.546. The summed E-state index contributed by atoms with van der Waals surface area (Å²) in [4.78, 5) is 40.6. The van der Waals surface area contributed by atoms with Gasteiger partial charge in [0, 0.05) is 23.7 Å². The van der Waals surface area contributed by atoms with E-state index in [1.807, 2.05) is 49.6 Å². The van der Waals surface area contributed by atoms with Crippen molar-refractivity contribution in [2.75, 3.05) is 40.1 Å². The number of anilines is 5. The van der Waals surface area contributed by atoms with Crippen LogP contribution in [0.5, 0.6) is 0 Å². The molecule has 7 heterocycles. The molecule has 63 heavy (non-hydrogen) atoms. The van der Waals surface area contributed by atoms with E-state index >= 15 is 0 Å². The van der Waals surface area contributed by atoms with Crippen LogP contribution in [0.4, 0.5) is 36.6 Å². The Morgan fingerprint density at radius 3 is 1.92 bits per heavy atom. The highest BCUT2D eigenvalue weighted by molar-refractivity contribution is 7.23. The molecule has 10 rings (SSSR count). The van der Waals surface area contributed by atoms with Crippen molar-refractivity contribution < 1.29 is 19.1 Å². The Morgan fingerprint density at radius 1 is 0.778 bits per heavy atom. The zero-order valence-corrected chi connectivity index (χ0v) is 38.5. The molecule has 7 aromatic heterocycles. The third-order valence-electron chi connectivity index (χ3n) is 9.08. The van der Waals surface area contributed by atoms with E-state index in [2.05, 4.69) is 71.8 Å². The largest absolute Gasteiger partial charge is 0.444 e. The van der Waals surface area contributed by atoms with E-state index in [-0.39, 0.29) is 0 Å². The van der Waals surface area contributed by atoms with Gasteiger partial charge in [-0.2, -0.15) is 25.3 Å². The summed E-state index contributed by atoms with van der Waals surface area (Å²) < 4.78 is 14.8. The summed E-state index contributed by atoms with van der Waals surface area (Å²) in [5, 5.41) is 35.7. The number of aromatic amines is 3. The maximum Gasteiger partial charge on any atom is 0.413 e. The zero-order valence-electron chi connectivity index (χ0n) is 35.3. The van der Waals surface area contributed by atoms with E-state index in [0.29, 0.717) is 37.8 Å². The van der Waals surface area contributed by atoms with Gasteiger partial charge in [-0.25, -0.2) is 19.6 Å². The molecular formula is C39H47ClN16O4S3. The van der Waals surface area contributed by atoms with Crippen LogP contribution in [0.15, 0.2) is 36.8 Å². The molecule has 2 amide bonds. The minimum absolute atomic E-state index is 0.406. The molecule has 0 aliphatic heterocycles. The van der Waals surface area contributed by atoms with Crippen LogP contribution in [0.3, 0.4) is 0 Å². The van der Waals surface area contributed by atoms with Gasteiger partial charge in [0.2, 0.25) is 0 Å². The maximum atomic E-state index is 11.8. The Hall–Kier alpha value is -6.04. The van der Waals surface area contributed by atoms with E-state index in [1.54, 1.807) is 44.6 Å². The van der Waals surface area contributed by atoms with E-state index in [9.17, 15) is 9.59 Å². The number of fused-ring (bicyclic) bond motifs is 3. The highest BCUT2D eigenvalue weighted by atomic mass is 35.5. The van der Waals surface area contributed by atoms with Gasteiger partial charge in [-0.1, -0.05) is 63.8 Å². The number of hydrogen-bond acceptors (Lipinski definition) is 17. The fourth-order valence-corrected chi connectivity index (χ4v) is 8.60. The topological polar surface area (TPSA) is 269 Å². The third-order valence-corrected chi connectivity index (χ3v) is 12.3. The second-order valence-corrected chi connectivity index (χ2v) is 20.3. The molecule has 2 aliphatic rings. The van der Waals surface area contributed by atoms with Crippen LogP contribution in [-0.4, -0.2) is 91.6 Å². The van der Waals surface area contributed by atoms with Crippen molar-refractivity contribution >= 4 is 116 Å². The predicted molar refractivity (Wildman–Crippen MR) is 249 cm³/mol. The van der Waals surface area contributed by atoms with Crippen LogP contribution in [0.1, 0.15) is 67.2 Å². The summed E-state index contributed by atoms with van der Waals surface area (Å²) in [5.41, 5.74) is 8.17. The van der Waals surface area contributed by atoms with Gasteiger partial charge in [-0.15, -0.1) is 0 Å². The number of carbonyl (C=O) groups is 2. The molecule has 0 saturated heterocycles. The second-order valence-electron chi connectivity index (χ2n) is 16.8. The molecule has 0 radical (unpaired) electrons. The van der Waals surface area contributed by atoms with Gasteiger partial charge >= 0.3 is 12.2 Å². The number of aromatic nitrogens is 11. The standard InChI is InChI=1S/C17H15ClN6S.C13H19N5O2S.C9H13N5O2S/c18-12-4-2-1-3-11(12)13-8-19-9-24(13)16-14-15(22-23-16)21-17(25-14)20-7-10-5-6-10;1-13(2,3)20-12(19)16-10-8-9(17-18-10)15-11(21-8)14-6-7-4-5-7;1-9(2,3)16-8(15)12-6-4-5(13-14-6)11-7(10)17-4/h1-4,8-10H,5-7H2,(H2,20,21,22,23);7H,4-6H2,1-3H3,(H3,14,15,16,17,18,19);1-3H3,(H4,10,11,12,13,14,15). The molecule has 1 aromatic carbocycles. The van der Waals surface area contributed by atoms with Gasteiger partial charge in [0.05, 0.1) is 11.9 Å². The number of nitrogens with one attached hydrogen (secondary N) is 7. The van der Waals surface area contributed by atoms with Crippen molar-refractivity contribution in [1.29, 1.82) is 0 Å². The average molecular weight is 936 g/mol. The first-order valence-corrected chi connectivity index (χ1v) is 22.9. The zero-order chi connectivity index (χ0) is 44.5. The van der Waals surface area contributed by atoms with Crippen LogP contribution >= 0.6 is 45.6 Å². The Labute approximate surface area is 377 Å². The number of nitrogens with two attached hydrogens (primary N) is 1. The first kappa shape index (κ1) is 43.6. The quantitative estimate of drug-likeness (QED) is 0.0635. The number of halogens is 1. The van der Waals surface area contributed by atoms with Crippen LogP contribution in [0, 0.1) is 11.8 Å². The summed E-state index contributed by atoms with van der Waals surface area (Å²) in [6.07, 6.45) is 7.73. The number of nitrogen functional groups attached to an aromatic ring is 1. The molecule has 0 spiro atoms. The van der Waals surface area contributed by atoms with Crippen LogP contribution in [0.2, 0.25) is 5.02 Å². The molecule has 0 bridgehead atoms. The molecule has 20 nitrogen and oxygen atoms in total. The molecule has 2 saturated carbocycles. The van der Waals surface area contributed by atoms with Crippen molar-refractivity contribution in [2.24, 2.45) is 11.8 Å². The molecule has 8 aromatic rings. The average Bonchev–Trinajstić information content (AvgIpc) is 3.66. The van der Waals surface area contributed by atoms with Crippen molar-refractivity contribution in [3.05, 3.63) is 41.8 Å². The van der Waals surface area contributed by atoms with E-state index in [1.165, 1.54) is 48.4 Å². The maximum absolute atomic E-state index is 11.8. The summed E-state index contributed by atoms with van der Waals surface area (Å²) >= 11 is 10.7. The van der Waals surface area contributed by atoms with Crippen molar-refractivity contribution in [3.8, 4) is 17.1 Å². The molecule has 332 valence electrons. The molecule has 0 atom stereocenters. The first-order chi connectivity index (χ1) is 30.0. The lowest BCUT2D eigenvalue weighted by atomic mass is 10.1. The number of benzene rings is 1. The number of imidazole rings is 1. The Kier molecular flexibility index (Phi) is 12.4. The Balaban J connectivity index is 0.000000132. The van der Waals surface area contributed by atoms with E-state index < -0.39 is 23.4 Å². The fraction of sp³-hybridized carbons (Fsp3) is 0.410. The number of hydrogen-bond donors (Lipinski definition) is 8. The smallest absolute Gasteiger partial charge is 0.413 e. The SMILES string of the molecule is CC(C)(C)OC(=O)Nc1[nH]nc2nc(N)sc12.CC(C)(C)OC(=O)Nc1[nH]nc2nc(NCC3CC3)sc12.Clc1ccccc1-c1cncn1-c1n[nH]c2nc(NCC3CC3)sc12. The van der Waals surface area contributed by atoms with Gasteiger partial charge in [-0.05, 0) is 85.1 Å². The number of rotatable bonds is 10. The fourth-order valence-electron chi connectivity index (χ4n) is 5.88. The van der Waals surface area contributed by atoms with Gasteiger partial charge in [-0.3, -0.25) is 30.5 Å². The monoisotopic (exact) mass is 934 g/mol. The van der Waals surface area contributed by atoms with Crippen molar-refractivity contribution in [1.82, 2.24) is 55.1 Å². The lowest BCUT2D eigenvalue weighted by Crippen LogP contribution is -2.27. The minimum Gasteiger partial charge on any atom is -0.444 e. The van der Waals surface area contributed by atoms with Gasteiger partial charge in [0.1, 0.15) is 31.6 Å². The number of amides is 2. The lowest BCUT2D eigenvalue weighted by molar-refractivity contribution is 0.0624. The highest BCUT2D eigenvalue weighted by Gasteiger charge is 2.25. The van der Waals surface area contributed by atoms with Gasteiger partial charge in [0.15, 0.2) is 49.8 Å². The molecule has 24 heteroatoms. The number of ether oxygens (including phenoxy) is 2. The van der Waals surface area contributed by atoms with Gasteiger partial charge < -0.3 is 25.8 Å². The second kappa shape index (κ2) is 18.0. The highest BCUT2D eigenvalue weighted by Crippen LogP contribution is 2.36. The summed E-state index contributed by atoms with van der Waals surface area (Å²) in [6, 6.07) is 7.74. The number of thiazole rings is 3. The van der Waals surface area contributed by atoms with Crippen molar-refractivity contribution in [3.63, 3.8) is 0 Å². The summed E-state index contributed by atoms with van der Waals surface area (Å²) in [5.74, 6) is 3.35. The van der Waals surface area contributed by atoms with Crippen LogP contribution < -0.4 is 27.0 Å². The number of nitrogens with zero attached hydrogens (tertiary/aromatic N) is 8. The molecular weight excluding hydrogens is 888 g/mol. The Bertz CT molecular complexity index is 2850. The number of H-pyrrole nitrogens is 3. The molecule has 2 aliphatic carbocycles. The van der Waals surface area contributed by atoms with E-state index in [4.69, 9.17) is 26.8 Å². The van der Waals surface area contributed by atoms with Gasteiger partial charge in [0.25, 0.3) is 0 Å². The Morgan fingerprint density at radius 2 is 1.33 bits per heavy atom. The third kappa shape index (κ3) is 11.3. The van der Waals surface area contributed by atoms with Crippen molar-refractivity contribution in [2.45, 2.75) is 78.4 Å². The molecule has 0 unspecified atom stereocenters. The van der Waals surface area contributed by atoms with Crippen LogP contribution in [-0.2, 0) is 9.47 Å². The lowest BCUT2D eigenvalue weighted by Gasteiger charge is -2.19. The number of carbonyl (C=O) groups excluding carboxylic acids is 2. The summed E-state index contributed by atoms with van der Waals surface area (Å²) in [6.45, 7) is 12.8. The predicted octanol–water partition coefficient (Wildman–Crippen LogP) is 9.48. The molecule has 9 N–H and O–H groups in total. The van der Waals surface area contributed by atoms with E-state index in [0.717, 1.165) is 67.3 Å². The summed E-state index contributed by atoms with van der Waals surface area (Å²) in [7, 11) is 0. The first-order valence-electron chi connectivity index (χ1n) is 20.1. The van der Waals surface area contributed by atoms with Crippen LogP contribution in [0.25, 0.3) is 48.1 Å². The molecule has 2 fully saturated rings.